The molecule has 1 saturated heterocycles. The van der Waals surface area contributed by atoms with Crippen molar-refractivity contribution in [2.75, 3.05) is 6.61 Å². The smallest absolute Gasteiger partial charge is 0.186 e. The largest absolute Gasteiger partial charge is 0.394 e. The van der Waals surface area contributed by atoms with Gasteiger partial charge in [-0.15, -0.1) is 0 Å². The molecule has 1 heterocycles. The second kappa shape index (κ2) is 8.57. The summed E-state index contributed by atoms with van der Waals surface area (Å²) in [6, 6.07) is 0. The van der Waals surface area contributed by atoms with Gasteiger partial charge in [-0.2, -0.15) is 0 Å². The Bertz CT molecular complexity index is 316. The number of ether oxygens (including phenoxy) is 2. The van der Waals surface area contributed by atoms with Crippen LogP contribution in [0, 0.1) is 5.92 Å². The molecule has 0 radical (unpaired) electrons. The Labute approximate surface area is 132 Å². The molecule has 1 aliphatic heterocycles. The lowest BCUT2D eigenvalue weighted by Crippen LogP contribution is -2.59. The Morgan fingerprint density at radius 2 is 1.68 bits per heavy atom. The number of aliphatic hydroxyl groups is 4. The summed E-state index contributed by atoms with van der Waals surface area (Å²) in [5.74, 6) is 0.759. The van der Waals surface area contributed by atoms with Gasteiger partial charge in [0, 0.05) is 0 Å². The summed E-state index contributed by atoms with van der Waals surface area (Å²) in [7, 11) is 0. The molecule has 0 amide bonds. The summed E-state index contributed by atoms with van der Waals surface area (Å²) in [5.41, 5.74) is 0. The van der Waals surface area contributed by atoms with Crippen molar-refractivity contribution >= 4 is 0 Å². The van der Waals surface area contributed by atoms with Crippen molar-refractivity contribution in [1.29, 1.82) is 0 Å². The zero-order valence-electron chi connectivity index (χ0n) is 13.3. The number of aliphatic hydroxyl groups excluding tert-OH is 4. The third-order valence-electron chi connectivity index (χ3n) is 4.93. The first kappa shape index (κ1) is 18.1. The van der Waals surface area contributed by atoms with E-state index >= 15 is 0 Å². The van der Waals surface area contributed by atoms with E-state index in [2.05, 4.69) is 6.92 Å². The monoisotopic (exact) mass is 318 g/mol. The van der Waals surface area contributed by atoms with Crippen LogP contribution < -0.4 is 0 Å². The molecule has 2 rings (SSSR count). The maximum absolute atomic E-state index is 9.98. The minimum absolute atomic E-state index is 0.000637. The van der Waals surface area contributed by atoms with Gasteiger partial charge in [-0.3, -0.25) is 0 Å². The maximum atomic E-state index is 9.98. The van der Waals surface area contributed by atoms with E-state index in [0.29, 0.717) is 0 Å². The lowest BCUT2D eigenvalue weighted by atomic mass is 9.84. The molecule has 0 bridgehead atoms. The summed E-state index contributed by atoms with van der Waals surface area (Å²) < 4.78 is 11.2. The van der Waals surface area contributed by atoms with Crippen LogP contribution in [-0.2, 0) is 9.47 Å². The molecular weight excluding hydrogens is 288 g/mol. The van der Waals surface area contributed by atoms with Crippen LogP contribution >= 0.6 is 0 Å². The first-order valence-electron chi connectivity index (χ1n) is 8.52. The van der Waals surface area contributed by atoms with Crippen molar-refractivity contribution in [1.82, 2.24) is 0 Å². The Morgan fingerprint density at radius 1 is 1.00 bits per heavy atom. The second-order valence-corrected chi connectivity index (χ2v) is 6.62. The summed E-state index contributed by atoms with van der Waals surface area (Å²) in [5, 5.41) is 38.7. The highest BCUT2D eigenvalue weighted by Gasteiger charge is 2.44. The molecular formula is C16H30O6. The summed E-state index contributed by atoms with van der Waals surface area (Å²) in [6.45, 7) is 1.78. The number of rotatable bonds is 6. The highest BCUT2D eigenvalue weighted by Crippen LogP contribution is 2.32. The fourth-order valence-corrected chi connectivity index (χ4v) is 3.42. The fraction of sp³-hybridized carbons (Fsp3) is 1.00. The predicted octanol–water partition coefficient (Wildman–Crippen LogP) is 0.552. The SMILES string of the molecule is CCCCC1CCC(OC2O[C@H](CO)[C@@H](O)[C@H](O)[C@H]2O)CC1. The number of unbranched alkanes of at least 4 members (excludes halogenated alkanes) is 1. The van der Waals surface area contributed by atoms with E-state index < -0.39 is 37.3 Å². The maximum Gasteiger partial charge on any atom is 0.186 e. The second-order valence-electron chi connectivity index (χ2n) is 6.62. The van der Waals surface area contributed by atoms with Gasteiger partial charge in [-0.25, -0.2) is 0 Å². The van der Waals surface area contributed by atoms with E-state index in [4.69, 9.17) is 9.47 Å². The molecule has 2 aliphatic rings. The van der Waals surface area contributed by atoms with Crippen molar-refractivity contribution in [2.45, 2.75) is 88.7 Å². The molecule has 1 aliphatic carbocycles. The molecule has 22 heavy (non-hydrogen) atoms. The fourth-order valence-electron chi connectivity index (χ4n) is 3.42. The van der Waals surface area contributed by atoms with Gasteiger partial charge in [-0.05, 0) is 31.6 Å². The van der Waals surface area contributed by atoms with Crippen LogP contribution in [-0.4, -0.2) is 63.8 Å². The van der Waals surface area contributed by atoms with Crippen molar-refractivity contribution in [2.24, 2.45) is 5.92 Å². The van der Waals surface area contributed by atoms with Gasteiger partial charge in [-0.1, -0.05) is 26.2 Å². The van der Waals surface area contributed by atoms with Crippen LogP contribution in [0.5, 0.6) is 0 Å². The molecule has 1 unspecified atom stereocenters. The minimum Gasteiger partial charge on any atom is -0.394 e. The summed E-state index contributed by atoms with van der Waals surface area (Å²) >= 11 is 0. The van der Waals surface area contributed by atoms with Crippen molar-refractivity contribution < 1.29 is 29.9 Å². The third kappa shape index (κ3) is 4.40. The van der Waals surface area contributed by atoms with E-state index in [0.717, 1.165) is 31.6 Å². The molecule has 0 aromatic carbocycles. The van der Waals surface area contributed by atoms with E-state index in [-0.39, 0.29) is 6.10 Å². The number of hydrogen-bond donors (Lipinski definition) is 4. The lowest BCUT2D eigenvalue weighted by Gasteiger charge is -2.41. The first-order valence-corrected chi connectivity index (χ1v) is 8.52. The van der Waals surface area contributed by atoms with Gasteiger partial charge in [0.2, 0.25) is 0 Å². The van der Waals surface area contributed by atoms with Crippen molar-refractivity contribution in [3.8, 4) is 0 Å². The molecule has 6 nitrogen and oxygen atoms in total. The van der Waals surface area contributed by atoms with E-state index in [1.54, 1.807) is 0 Å². The van der Waals surface area contributed by atoms with Crippen molar-refractivity contribution in [3.05, 3.63) is 0 Å². The summed E-state index contributed by atoms with van der Waals surface area (Å²) in [6.07, 6.45) is 1.94. The molecule has 2 fully saturated rings. The Balaban J connectivity index is 1.81. The third-order valence-corrected chi connectivity index (χ3v) is 4.93. The molecule has 0 spiro atoms. The quantitative estimate of drug-likeness (QED) is 0.571. The van der Waals surface area contributed by atoms with E-state index in [1.165, 1.54) is 19.3 Å². The molecule has 6 heteroatoms. The highest BCUT2D eigenvalue weighted by atomic mass is 16.7. The average Bonchev–Trinajstić information content (AvgIpc) is 2.54. The highest BCUT2D eigenvalue weighted by molar-refractivity contribution is 4.89. The molecule has 0 aromatic rings. The predicted molar refractivity (Wildman–Crippen MR) is 80.1 cm³/mol. The first-order chi connectivity index (χ1) is 10.6. The van der Waals surface area contributed by atoms with Gasteiger partial charge in [0.05, 0.1) is 12.7 Å². The molecule has 130 valence electrons. The number of hydrogen-bond acceptors (Lipinski definition) is 6. The Hall–Kier alpha value is -0.240. The van der Waals surface area contributed by atoms with Gasteiger partial charge >= 0.3 is 0 Å². The Morgan fingerprint density at radius 3 is 2.27 bits per heavy atom. The van der Waals surface area contributed by atoms with Gasteiger partial charge < -0.3 is 29.9 Å². The molecule has 4 N–H and O–H groups in total. The lowest BCUT2D eigenvalue weighted by molar-refractivity contribution is -0.313. The minimum atomic E-state index is -1.36. The average molecular weight is 318 g/mol. The topological polar surface area (TPSA) is 99.4 Å². The van der Waals surface area contributed by atoms with Crippen LogP contribution in [0.4, 0.5) is 0 Å². The van der Waals surface area contributed by atoms with Gasteiger partial charge in [0.15, 0.2) is 6.29 Å². The van der Waals surface area contributed by atoms with E-state index in [9.17, 15) is 20.4 Å². The van der Waals surface area contributed by atoms with Crippen LogP contribution in [0.1, 0.15) is 51.9 Å². The van der Waals surface area contributed by atoms with Gasteiger partial charge in [0.1, 0.15) is 24.4 Å². The van der Waals surface area contributed by atoms with Crippen LogP contribution in [0.25, 0.3) is 0 Å². The van der Waals surface area contributed by atoms with Crippen LogP contribution in [0.15, 0.2) is 0 Å². The van der Waals surface area contributed by atoms with Gasteiger partial charge in [0.25, 0.3) is 0 Å². The standard InChI is InChI=1S/C16H30O6/c1-2-3-4-10-5-7-11(8-6-10)21-16-15(20)14(19)13(18)12(9-17)22-16/h10-20H,2-9H2,1H3/t10?,11?,12-,13-,14+,15-,16?/m1/s1. The van der Waals surface area contributed by atoms with Crippen molar-refractivity contribution in [3.63, 3.8) is 0 Å². The molecule has 0 aromatic heterocycles. The van der Waals surface area contributed by atoms with E-state index in [1.807, 2.05) is 0 Å². The van der Waals surface area contributed by atoms with Crippen LogP contribution in [0.2, 0.25) is 0 Å². The zero-order chi connectivity index (χ0) is 16.1. The van der Waals surface area contributed by atoms with Crippen LogP contribution in [0.3, 0.4) is 0 Å². The zero-order valence-corrected chi connectivity index (χ0v) is 13.3. The normalized spacial score (nSPS) is 43.2. The molecule has 1 saturated carbocycles. The Kier molecular flexibility index (Phi) is 7.05. The summed E-state index contributed by atoms with van der Waals surface area (Å²) in [4.78, 5) is 0. The molecule has 5 atom stereocenters.